The summed E-state index contributed by atoms with van der Waals surface area (Å²) in [6.45, 7) is 7.13. The second kappa shape index (κ2) is 6.43. The van der Waals surface area contributed by atoms with Gasteiger partial charge >= 0.3 is 5.97 Å². The van der Waals surface area contributed by atoms with Crippen LogP contribution in [0.5, 0.6) is 0 Å². The summed E-state index contributed by atoms with van der Waals surface area (Å²) in [5, 5.41) is 0. The van der Waals surface area contributed by atoms with Crippen molar-refractivity contribution in [2.24, 2.45) is 0 Å². The molecule has 1 rings (SSSR count). The van der Waals surface area contributed by atoms with E-state index in [0.29, 0.717) is 18.9 Å². The Morgan fingerprint density at radius 1 is 1.39 bits per heavy atom. The lowest BCUT2D eigenvalue weighted by molar-refractivity contribution is -0.140. The molecule has 1 aromatic carbocycles. The van der Waals surface area contributed by atoms with Gasteiger partial charge < -0.3 is 9.64 Å². The Balaban J connectivity index is 2.80. The van der Waals surface area contributed by atoms with E-state index in [4.69, 9.17) is 0 Å². The van der Waals surface area contributed by atoms with Gasteiger partial charge in [-0.1, -0.05) is 26.0 Å². The van der Waals surface area contributed by atoms with E-state index in [2.05, 4.69) is 48.6 Å². The highest BCUT2D eigenvalue weighted by atomic mass is 16.5. The Kier molecular flexibility index (Phi) is 5.20. The topological polar surface area (TPSA) is 29.5 Å². The molecule has 0 saturated carbocycles. The monoisotopic (exact) mass is 249 g/mol. The molecule has 0 aliphatic rings. The van der Waals surface area contributed by atoms with Crippen LogP contribution in [0.2, 0.25) is 0 Å². The number of hydrogen-bond acceptors (Lipinski definition) is 3. The molecule has 100 valence electrons. The van der Waals surface area contributed by atoms with Crippen LogP contribution in [0.4, 0.5) is 5.69 Å². The van der Waals surface area contributed by atoms with E-state index in [1.54, 1.807) is 0 Å². The molecule has 0 unspecified atom stereocenters. The lowest BCUT2D eigenvalue weighted by Crippen LogP contribution is -2.22. The normalized spacial score (nSPS) is 10.6. The minimum Gasteiger partial charge on any atom is -0.469 e. The lowest BCUT2D eigenvalue weighted by Gasteiger charge is -2.22. The molecule has 0 N–H and O–H groups in total. The van der Waals surface area contributed by atoms with Crippen molar-refractivity contribution in [3.05, 3.63) is 29.3 Å². The number of anilines is 1. The molecule has 0 fully saturated rings. The number of hydrogen-bond donors (Lipinski definition) is 0. The van der Waals surface area contributed by atoms with Crippen LogP contribution in [-0.2, 0) is 9.53 Å². The first kappa shape index (κ1) is 14.6. The molecule has 1 aromatic rings. The minimum atomic E-state index is -0.167. The first-order valence-corrected chi connectivity index (χ1v) is 6.34. The van der Waals surface area contributed by atoms with Crippen LogP contribution in [0, 0.1) is 6.92 Å². The predicted octanol–water partition coefficient (Wildman–Crippen LogP) is 3.12. The summed E-state index contributed by atoms with van der Waals surface area (Å²) >= 11 is 0. The second-order valence-corrected chi connectivity index (χ2v) is 4.95. The zero-order valence-electron chi connectivity index (χ0n) is 12.0. The molecular weight excluding hydrogens is 226 g/mol. The highest BCUT2D eigenvalue weighted by Crippen LogP contribution is 2.24. The zero-order chi connectivity index (χ0) is 13.7. The van der Waals surface area contributed by atoms with Crippen LogP contribution in [0.25, 0.3) is 0 Å². The van der Waals surface area contributed by atoms with E-state index in [1.807, 2.05) is 7.05 Å². The van der Waals surface area contributed by atoms with Crippen molar-refractivity contribution in [3.8, 4) is 0 Å². The quantitative estimate of drug-likeness (QED) is 0.751. The van der Waals surface area contributed by atoms with Gasteiger partial charge in [0.25, 0.3) is 0 Å². The highest BCUT2D eigenvalue weighted by Gasteiger charge is 2.09. The van der Waals surface area contributed by atoms with Crippen molar-refractivity contribution in [3.63, 3.8) is 0 Å². The van der Waals surface area contributed by atoms with Gasteiger partial charge in [0.1, 0.15) is 0 Å². The molecule has 0 heterocycles. The third-order valence-corrected chi connectivity index (χ3v) is 3.19. The van der Waals surface area contributed by atoms with Gasteiger partial charge in [0.15, 0.2) is 0 Å². The number of ether oxygens (including phenoxy) is 1. The minimum absolute atomic E-state index is 0.167. The van der Waals surface area contributed by atoms with Crippen LogP contribution < -0.4 is 4.90 Å². The third kappa shape index (κ3) is 3.76. The first-order valence-electron chi connectivity index (χ1n) is 6.34. The molecule has 3 nitrogen and oxygen atoms in total. The van der Waals surface area contributed by atoms with Gasteiger partial charge in [-0.05, 0) is 30.0 Å². The maximum atomic E-state index is 11.2. The van der Waals surface area contributed by atoms with Gasteiger partial charge in [-0.3, -0.25) is 4.79 Å². The number of aryl methyl sites for hydroxylation is 1. The summed E-state index contributed by atoms with van der Waals surface area (Å²) in [6, 6.07) is 6.51. The summed E-state index contributed by atoms with van der Waals surface area (Å²) in [6.07, 6.45) is 0.415. The Labute approximate surface area is 110 Å². The fraction of sp³-hybridized carbons (Fsp3) is 0.533. The second-order valence-electron chi connectivity index (χ2n) is 4.95. The molecule has 0 amide bonds. The molecule has 0 aliphatic heterocycles. The van der Waals surface area contributed by atoms with Gasteiger partial charge in [-0.15, -0.1) is 0 Å². The Morgan fingerprint density at radius 3 is 2.61 bits per heavy atom. The van der Waals surface area contributed by atoms with Gasteiger partial charge in [0.2, 0.25) is 0 Å². The lowest BCUT2D eigenvalue weighted by atomic mass is 10.0. The summed E-state index contributed by atoms with van der Waals surface area (Å²) in [7, 11) is 3.43. The van der Waals surface area contributed by atoms with Crippen molar-refractivity contribution >= 4 is 11.7 Å². The average molecular weight is 249 g/mol. The third-order valence-electron chi connectivity index (χ3n) is 3.19. The van der Waals surface area contributed by atoms with Crippen molar-refractivity contribution in [2.75, 3.05) is 25.6 Å². The highest BCUT2D eigenvalue weighted by molar-refractivity contribution is 5.70. The van der Waals surface area contributed by atoms with Crippen LogP contribution in [0.15, 0.2) is 18.2 Å². The van der Waals surface area contributed by atoms with Crippen LogP contribution in [0.3, 0.4) is 0 Å². The van der Waals surface area contributed by atoms with Crippen molar-refractivity contribution in [1.82, 2.24) is 0 Å². The SMILES string of the molecule is COC(=O)CCN(C)c1cc(C(C)C)ccc1C. The summed E-state index contributed by atoms with van der Waals surface area (Å²) in [4.78, 5) is 13.3. The molecular formula is C15H23NO2. The number of nitrogens with zero attached hydrogens (tertiary/aromatic N) is 1. The fourth-order valence-electron chi connectivity index (χ4n) is 1.88. The summed E-state index contributed by atoms with van der Waals surface area (Å²) in [5.74, 6) is 0.345. The van der Waals surface area contributed by atoms with Gasteiger partial charge in [-0.25, -0.2) is 0 Å². The maximum absolute atomic E-state index is 11.2. The van der Waals surface area contributed by atoms with Crippen LogP contribution in [0.1, 0.15) is 37.3 Å². The molecule has 18 heavy (non-hydrogen) atoms. The zero-order valence-corrected chi connectivity index (χ0v) is 12.0. The van der Waals surface area contributed by atoms with Gasteiger partial charge in [0, 0.05) is 19.3 Å². The standard InChI is InChI=1S/C15H23NO2/c1-11(2)13-7-6-12(3)14(10-13)16(4)9-8-15(17)18-5/h6-7,10-11H,8-9H2,1-5H3. The van der Waals surface area contributed by atoms with E-state index in [0.717, 1.165) is 0 Å². The van der Waals surface area contributed by atoms with E-state index < -0.39 is 0 Å². The Bertz CT molecular complexity index is 413. The number of carbonyl (C=O) groups is 1. The molecule has 0 bridgehead atoms. The van der Waals surface area contributed by atoms with E-state index in [9.17, 15) is 4.79 Å². The van der Waals surface area contributed by atoms with E-state index in [-0.39, 0.29) is 5.97 Å². The van der Waals surface area contributed by atoms with Gasteiger partial charge in [-0.2, -0.15) is 0 Å². The van der Waals surface area contributed by atoms with Crippen LogP contribution in [-0.4, -0.2) is 26.7 Å². The maximum Gasteiger partial charge on any atom is 0.307 e. The molecule has 0 atom stereocenters. The molecule has 0 spiro atoms. The molecule has 0 aromatic heterocycles. The summed E-state index contributed by atoms with van der Waals surface area (Å²) < 4.78 is 4.66. The van der Waals surface area contributed by atoms with Crippen molar-refractivity contribution < 1.29 is 9.53 Å². The number of esters is 1. The number of carbonyl (C=O) groups excluding carboxylic acids is 1. The number of methoxy groups -OCH3 is 1. The largest absolute Gasteiger partial charge is 0.469 e. The molecule has 0 aliphatic carbocycles. The summed E-state index contributed by atoms with van der Waals surface area (Å²) in [5.41, 5.74) is 3.73. The van der Waals surface area contributed by atoms with Gasteiger partial charge in [0.05, 0.1) is 13.5 Å². The fourth-order valence-corrected chi connectivity index (χ4v) is 1.88. The van der Waals surface area contributed by atoms with E-state index >= 15 is 0 Å². The molecule has 3 heteroatoms. The van der Waals surface area contributed by atoms with Crippen LogP contribution >= 0.6 is 0 Å². The predicted molar refractivity (Wildman–Crippen MR) is 75.2 cm³/mol. The number of rotatable bonds is 5. The van der Waals surface area contributed by atoms with Crippen molar-refractivity contribution in [2.45, 2.75) is 33.1 Å². The Hall–Kier alpha value is -1.51. The smallest absolute Gasteiger partial charge is 0.307 e. The molecule has 0 radical (unpaired) electrons. The first-order chi connectivity index (χ1) is 8.45. The van der Waals surface area contributed by atoms with Crippen molar-refractivity contribution in [1.29, 1.82) is 0 Å². The Morgan fingerprint density at radius 2 is 2.06 bits per heavy atom. The number of benzene rings is 1. The average Bonchev–Trinajstić information content (AvgIpc) is 2.35. The molecule has 0 saturated heterocycles. The van der Waals surface area contributed by atoms with E-state index in [1.165, 1.54) is 23.9 Å².